The summed E-state index contributed by atoms with van der Waals surface area (Å²) in [5.41, 5.74) is -1.28. The molecule has 1 aliphatic rings. The van der Waals surface area contributed by atoms with Gasteiger partial charge in [0.2, 0.25) is 0 Å². The van der Waals surface area contributed by atoms with E-state index in [1.54, 1.807) is 0 Å². The predicted molar refractivity (Wildman–Crippen MR) is 70.0 cm³/mol. The van der Waals surface area contributed by atoms with Crippen LogP contribution in [0.5, 0.6) is 0 Å². The van der Waals surface area contributed by atoms with E-state index in [2.05, 4.69) is 36.6 Å². The summed E-state index contributed by atoms with van der Waals surface area (Å²) in [5.74, 6) is -0.569. The molecule has 0 aromatic heterocycles. The molecule has 0 aliphatic heterocycles. The van der Waals surface area contributed by atoms with Gasteiger partial charge in [-0.2, -0.15) is 0 Å². The molecule has 0 N–H and O–H groups in total. The maximum Gasteiger partial charge on any atom is 0.337 e. The van der Waals surface area contributed by atoms with E-state index in [1.165, 1.54) is 19.3 Å². The molecule has 0 saturated carbocycles. The molecule has 0 spiro atoms. The Balaban J connectivity index is 3.14. The maximum atomic E-state index is 11.3. The Labute approximate surface area is 119 Å². The Morgan fingerprint density at radius 1 is 1.71 bits per heavy atom. The molecule has 1 rings (SSSR count). The number of nitro groups is 1. The zero-order valence-corrected chi connectivity index (χ0v) is 12.6. The largest absolute Gasteiger partial charge is 0.465 e. The summed E-state index contributed by atoms with van der Waals surface area (Å²) in [5, 5.41) is 11.1. The molecule has 1 unspecified atom stereocenters. The fourth-order valence-electron chi connectivity index (χ4n) is 1.38. The van der Waals surface area contributed by atoms with E-state index in [1.807, 2.05) is 0 Å². The van der Waals surface area contributed by atoms with Crippen LogP contribution >= 0.6 is 43.5 Å². The van der Waals surface area contributed by atoms with Crippen molar-refractivity contribution in [2.75, 3.05) is 7.11 Å². The summed E-state index contributed by atoms with van der Waals surface area (Å²) < 4.78 is 3.88. The van der Waals surface area contributed by atoms with Gasteiger partial charge in [-0.05, 0) is 6.08 Å². The van der Waals surface area contributed by atoms with Gasteiger partial charge >= 0.3 is 5.97 Å². The lowest BCUT2D eigenvalue weighted by Gasteiger charge is -2.27. The van der Waals surface area contributed by atoms with Crippen LogP contribution in [0.15, 0.2) is 22.8 Å². The second-order valence-electron chi connectivity index (χ2n) is 3.33. The van der Waals surface area contributed by atoms with Crippen molar-refractivity contribution >= 4 is 49.4 Å². The molecule has 0 bridgehead atoms. The van der Waals surface area contributed by atoms with Crippen molar-refractivity contribution in [3.63, 3.8) is 0 Å². The van der Waals surface area contributed by atoms with Gasteiger partial charge in [0.1, 0.15) is 3.74 Å². The van der Waals surface area contributed by atoms with E-state index < -0.39 is 20.2 Å². The predicted octanol–water partition coefficient (Wildman–Crippen LogP) is 2.74. The normalized spacial score (nSPS) is 24.1. The highest BCUT2D eigenvalue weighted by molar-refractivity contribution is 9.24. The standard InChI is InChI=1S/C9H8Br2ClNO4/c1-17-7(14)5-2-3-9(8(10)11,13(15)16)6(12)4-5/h2,4,8H,3H2,1H3. The minimum atomic E-state index is -1.50. The van der Waals surface area contributed by atoms with Crippen LogP contribution in [0, 0.1) is 10.1 Å². The third-order valence-electron chi connectivity index (χ3n) is 2.44. The smallest absolute Gasteiger partial charge is 0.337 e. The number of nitrogens with zero attached hydrogens (tertiary/aromatic N) is 1. The van der Waals surface area contributed by atoms with Gasteiger partial charge in [0.15, 0.2) is 0 Å². The summed E-state index contributed by atoms with van der Waals surface area (Å²) >= 11 is 12.2. The molecule has 1 atom stereocenters. The van der Waals surface area contributed by atoms with Gasteiger partial charge in [0.05, 0.1) is 17.7 Å². The Morgan fingerprint density at radius 2 is 2.29 bits per heavy atom. The van der Waals surface area contributed by atoms with Crippen molar-refractivity contribution in [1.82, 2.24) is 0 Å². The SMILES string of the molecule is COC(=O)C1=CCC(C(Br)Br)([N+](=O)[O-])C(Cl)=C1. The molecule has 94 valence electrons. The van der Waals surface area contributed by atoms with E-state index in [9.17, 15) is 14.9 Å². The lowest BCUT2D eigenvalue weighted by atomic mass is 9.90. The van der Waals surface area contributed by atoms with Crippen LogP contribution in [0.2, 0.25) is 0 Å². The quantitative estimate of drug-likeness (QED) is 0.322. The van der Waals surface area contributed by atoms with E-state index in [0.29, 0.717) is 0 Å². The summed E-state index contributed by atoms with van der Waals surface area (Å²) in [4.78, 5) is 21.9. The summed E-state index contributed by atoms with van der Waals surface area (Å²) in [6.45, 7) is 0. The molecule has 0 saturated heterocycles. The summed E-state index contributed by atoms with van der Waals surface area (Å²) in [6, 6.07) is 0. The van der Waals surface area contributed by atoms with Gasteiger partial charge < -0.3 is 4.74 Å². The van der Waals surface area contributed by atoms with Crippen LogP contribution in [-0.4, -0.2) is 27.3 Å². The van der Waals surface area contributed by atoms with Gasteiger partial charge in [-0.25, -0.2) is 4.79 Å². The van der Waals surface area contributed by atoms with Crippen LogP contribution < -0.4 is 0 Å². The summed E-state index contributed by atoms with van der Waals surface area (Å²) in [7, 11) is 1.23. The first-order chi connectivity index (χ1) is 7.86. The molecular weight excluding hydrogens is 381 g/mol. The second-order valence-corrected chi connectivity index (χ2v) is 6.80. The molecule has 0 fully saturated rings. The zero-order chi connectivity index (χ0) is 13.2. The highest BCUT2D eigenvalue weighted by atomic mass is 79.9. The van der Waals surface area contributed by atoms with Crippen LogP contribution in [0.25, 0.3) is 0 Å². The van der Waals surface area contributed by atoms with Crippen LogP contribution in [0.1, 0.15) is 6.42 Å². The monoisotopic (exact) mass is 387 g/mol. The van der Waals surface area contributed by atoms with E-state index in [0.717, 1.165) is 0 Å². The molecule has 0 amide bonds. The average Bonchev–Trinajstić information content (AvgIpc) is 2.26. The fraction of sp³-hybridized carbons (Fsp3) is 0.444. The second kappa shape index (κ2) is 5.49. The van der Waals surface area contributed by atoms with Gasteiger partial charge in [-0.3, -0.25) is 10.1 Å². The van der Waals surface area contributed by atoms with Crippen LogP contribution in [0.3, 0.4) is 0 Å². The lowest BCUT2D eigenvalue weighted by Crippen LogP contribution is -2.45. The number of carbonyl (C=O) groups excluding carboxylic acids is 1. The van der Waals surface area contributed by atoms with E-state index in [-0.39, 0.29) is 17.0 Å². The Kier molecular flexibility index (Phi) is 4.74. The molecule has 17 heavy (non-hydrogen) atoms. The number of halogens is 3. The molecule has 0 aromatic carbocycles. The van der Waals surface area contributed by atoms with Crippen molar-refractivity contribution in [3.05, 3.63) is 32.9 Å². The first kappa shape index (κ1) is 14.7. The molecule has 0 aromatic rings. The zero-order valence-electron chi connectivity index (χ0n) is 8.65. The molecule has 8 heteroatoms. The number of esters is 1. The number of methoxy groups -OCH3 is 1. The van der Waals surface area contributed by atoms with Crippen molar-refractivity contribution in [1.29, 1.82) is 0 Å². The highest BCUT2D eigenvalue weighted by Gasteiger charge is 2.52. The van der Waals surface area contributed by atoms with Crippen LogP contribution in [0.4, 0.5) is 0 Å². The maximum absolute atomic E-state index is 11.3. The highest BCUT2D eigenvalue weighted by Crippen LogP contribution is 2.42. The first-order valence-electron chi connectivity index (χ1n) is 4.45. The summed E-state index contributed by atoms with van der Waals surface area (Å²) in [6.07, 6.45) is 2.70. The topological polar surface area (TPSA) is 69.4 Å². The van der Waals surface area contributed by atoms with Crippen molar-refractivity contribution < 1.29 is 14.5 Å². The third-order valence-corrected chi connectivity index (χ3v) is 4.39. The Morgan fingerprint density at radius 3 is 2.65 bits per heavy atom. The first-order valence-corrected chi connectivity index (χ1v) is 6.66. The lowest BCUT2D eigenvalue weighted by molar-refractivity contribution is -0.550. The molecular formula is C9H8Br2ClNO4. The Bertz CT molecular complexity index is 421. The van der Waals surface area contributed by atoms with Crippen molar-refractivity contribution in [3.8, 4) is 0 Å². The number of ether oxygens (including phenoxy) is 1. The minimum absolute atomic E-state index is 0.000926. The number of rotatable bonds is 3. The number of carbonyl (C=O) groups is 1. The molecule has 0 heterocycles. The number of hydrogen-bond donors (Lipinski definition) is 0. The molecule has 1 aliphatic carbocycles. The van der Waals surface area contributed by atoms with E-state index >= 15 is 0 Å². The minimum Gasteiger partial charge on any atom is -0.465 e. The van der Waals surface area contributed by atoms with Gasteiger partial charge in [-0.15, -0.1) is 0 Å². The number of hydrogen-bond acceptors (Lipinski definition) is 4. The van der Waals surface area contributed by atoms with Gasteiger partial charge in [0, 0.05) is 11.3 Å². The van der Waals surface area contributed by atoms with Gasteiger partial charge in [-0.1, -0.05) is 49.5 Å². The van der Waals surface area contributed by atoms with Crippen molar-refractivity contribution in [2.45, 2.75) is 15.7 Å². The average molecular weight is 389 g/mol. The fourth-order valence-corrected chi connectivity index (χ4v) is 3.22. The Hall–Kier alpha value is -0.400. The van der Waals surface area contributed by atoms with Crippen molar-refractivity contribution in [2.24, 2.45) is 0 Å². The van der Waals surface area contributed by atoms with E-state index in [4.69, 9.17) is 11.6 Å². The van der Waals surface area contributed by atoms with Gasteiger partial charge in [0.25, 0.3) is 5.54 Å². The third kappa shape index (κ3) is 2.56. The molecule has 0 radical (unpaired) electrons. The molecule has 5 nitrogen and oxygen atoms in total. The van der Waals surface area contributed by atoms with Crippen LogP contribution in [-0.2, 0) is 9.53 Å². The number of alkyl halides is 2.